The number of hydrogen-bond acceptors (Lipinski definition) is 3. The second-order valence-electron chi connectivity index (χ2n) is 5.85. The van der Waals surface area contributed by atoms with Crippen molar-refractivity contribution in [2.45, 2.75) is 0 Å². The second-order valence-corrected chi connectivity index (χ2v) is 6.29. The molecule has 140 valence electrons. The lowest BCUT2D eigenvalue weighted by atomic mass is 10.1. The highest BCUT2D eigenvalue weighted by Crippen LogP contribution is 2.18. The Morgan fingerprint density at radius 1 is 0.714 bits per heavy atom. The molecule has 7 heteroatoms. The number of amides is 2. The fourth-order valence-electron chi connectivity index (χ4n) is 2.57. The van der Waals surface area contributed by atoms with Gasteiger partial charge in [0, 0.05) is 22.0 Å². The Hall–Kier alpha value is -3.64. The Balaban J connectivity index is 1.77. The van der Waals surface area contributed by atoms with E-state index in [1.807, 2.05) is 0 Å². The number of rotatable bonds is 5. The van der Waals surface area contributed by atoms with Crippen LogP contribution in [0.4, 0.5) is 11.4 Å². The monoisotopic (exact) mass is 394 g/mol. The van der Waals surface area contributed by atoms with Gasteiger partial charge in [-0.15, -0.1) is 0 Å². The molecule has 0 heterocycles. The molecule has 0 fully saturated rings. The number of hydrogen-bond donors (Lipinski definition) is 3. The normalized spacial score (nSPS) is 10.2. The van der Waals surface area contributed by atoms with E-state index in [0.29, 0.717) is 22.0 Å². The van der Waals surface area contributed by atoms with Crippen LogP contribution in [0.1, 0.15) is 31.1 Å². The van der Waals surface area contributed by atoms with Crippen molar-refractivity contribution in [3.05, 3.63) is 94.5 Å². The highest BCUT2D eigenvalue weighted by atomic mass is 35.5. The Bertz CT molecular complexity index is 1070. The molecule has 3 N–H and O–H groups in total. The smallest absolute Gasteiger partial charge is 0.336 e. The summed E-state index contributed by atoms with van der Waals surface area (Å²) >= 11 is 5.91. The number of carbonyl (C=O) groups is 3. The SMILES string of the molecule is O=C(Nc1cccc(Cl)c1)c1cccc(NC(=O)c2ccccc2C(=O)O)c1. The van der Waals surface area contributed by atoms with Crippen LogP contribution in [-0.2, 0) is 0 Å². The number of carbonyl (C=O) groups excluding carboxylic acids is 2. The number of benzene rings is 3. The fourth-order valence-corrected chi connectivity index (χ4v) is 2.76. The minimum absolute atomic E-state index is 0.0313. The Morgan fingerprint density at radius 3 is 2.00 bits per heavy atom. The van der Waals surface area contributed by atoms with Gasteiger partial charge in [-0.2, -0.15) is 0 Å². The highest BCUT2D eigenvalue weighted by molar-refractivity contribution is 6.31. The van der Waals surface area contributed by atoms with Gasteiger partial charge < -0.3 is 15.7 Å². The summed E-state index contributed by atoms with van der Waals surface area (Å²) in [4.78, 5) is 36.2. The zero-order valence-corrected chi connectivity index (χ0v) is 15.2. The van der Waals surface area contributed by atoms with Gasteiger partial charge in [0.05, 0.1) is 11.1 Å². The van der Waals surface area contributed by atoms with Crippen molar-refractivity contribution >= 4 is 40.8 Å². The summed E-state index contributed by atoms with van der Waals surface area (Å²) in [6.45, 7) is 0. The van der Waals surface area contributed by atoms with Crippen molar-refractivity contribution in [2.24, 2.45) is 0 Å². The molecule has 0 saturated heterocycles. The van der Waals surface area contributed by atoms with Crippen LogP contribution in [0.2, 0.25) is 5.02 Å². The van der Waals surface area contributed by atoms with E-state index in [2.05, 4.69) is 10.6 Å². The average molecular weight is 395 g/mol. The molecule has 0 bridgehead atoms. The lowest BCUT2D eigenvalue weighted by Gasteiger charge is -2.10. The van der Waals surface area contributed by atoms with E-state index in [9.17, 15) is 19.5 Å². The van der Waals surface area contributed by atoms with E-state index >= 15 is 0 Å². The largest absolute Gasteiger partial charge is 0.478 e. The first-order valence-corrected chi connectivity index (χ1v) is 8.62. The first-order chi connectivity index (χ1) is 13.4. The predicted octanol–water partition coefficient (Wildman–Crippen LogP) is 4.54. The zero-order valence-electron chi connectivity index (χ0n) is 14.5. The van der Waals surface area contributed by atoms with Gasteiger partial charge in [-0.3, -0.25) is 9.59 Å². The minimum atomic E-state index is -1.19. The molecule has 0 aromatic heterocycles. The number of anilines is 2. The molecule has 0 aliphatic rings. The van der Waals surface area contributed by atoms with Gasteiger partial charge in [0.1, 0.15) is 0 Å². The first kappa shape index (κ1) is 19.1. The molecule has 6 nitrogen and oxygen atoms in total. The Morgan fingerprint density at radius 2 is 1.32 bits per heavy atom. The van der Waals surface area contributed by atoms with Crippen LogP contribution in [-0.4, -0.2) is 22.9 Å². The molecule has 0 radical (unpaired) electrons. The van der Waals surface area contributed by atoms with Crippen molar-refractivity contribution in [1.82, 2.24) is 0 Å². The van der Waals surface area contributed by atoms with Gasteiger partial charge in [-0.25, -0.2) is 4.79 Å². The van der Waals surface area contributed by atoms with Crippen molar-refractivity contribution in [3.8, 4) is 0 Å². The summed E-state index contributed by atoms with van der Waals surface area (Å²) in [6, 6.07) is 19.0. The molecule has 0 unspecified atom stereocenters. The molecule has 0 aliphatic heterocycles. The quantitative estimate of drug-likeness (QED) is 0.591. The molecular weight excluding hydrogens is 380 g/mol. The summed E-state index contributed by atoms with van der Waals surface area (Å²) in [5, 5.41) is 15.1. The maximum Gasteiger partial charge on any atom is 0.336 e. The molecule has 0 atom stereocenters. The molecule has 0 aliphatic carbocycles. The van der Waals surface area contributed by atoms with E-state index in [4.69, 9.17) is 11.6 Å². The summed E-state index contributed by atoms with van der Waals surface area (Å²) in [7, 11) is 0. The van der Waals surface area contributed by atoms with Crippen molar-refractivity contribution in [2.75, 3.05) is 10.6 Å². The molecule has 3 rings (SSSR count). The standard InChI is InChI=1S/C21H15ClN2O4/c22-14-6-4-8-16(12-14)23-19(25)13-5-3-7-15(11-13)24-20(26)17-9-1-2-10-18(17)21(27)28/h1-12H,(H,23,25)(H,24,26)(H,27,28). The lowest BCUT2D eigenvalue weighted by Crippen LogP contribution is -2.17. The first-order valence-electron chi connectivity index (χ1n) is 8.25. The van der Waals surface area contributed by atoms with Gasteiger partial charge in [0.25, 0.3) is 11.8 Å². The molecule has 3 aromatic rings. The summed E-state index contributed by atoms with van der Waals surface area (Å²) in [5.41, 5.74) is 1.16. The lowest BCUT2D eigenvalue weighted by molar-refractivity contribution is 0.0692. The topological polar surface area (TPSA) is 95.5 Å². The van der Waals surface area contributed by atoms with Gasteiger partial charge in [-0.05, 0) is 48.5 Å². The number of halogens is 1. The van der Waals surface area contributed by atoms with Crippen LogP contribution >= 0.6 is 11.6 Å². The van der Waals surface area contributed by atoms with Crippen LogP contribution in [0.3, 0.4) is 0 Å². The number of nitrogens with one attached hydrogen (secondary N) is 2. The molecular formula is C21H15ClN2O4. The van der Waals surface area contributed by atoms with Crippen LogP contribution in [0.25, 0.3) is 0 Å². The van der Waals surface area contributed by atoms with E-state index in [0.717, 1.165) is 0 Å². The summed E-state index contributed by atoms with van der Waals surface area (Å²) in [5.74, 6) is -2.14. The molecule has 28 heavy (non-hydrogen) atoms. The maximum atomic E-state index is 12.5. The third kappa shape index (κ3) is 4.55. The molecule has 0 spiro atoms. The van der Waals surface area contributed by atoms with Crippen LogP contribution in [0.5, 0.6) is 0 Å². The van der Waals surface area contributed by atoms with E-state index < -0.39 is 11.9 Å². The second kappa shape index (κ2) is 8.37. The van der Waals surface area contributed by atoms with E-state index in [1.165, 1.54) is 18.2 Å². The predicted molar refractivity (Wildman–Crippen MR) is 107 cm³/mol. The van der Waals surface area contributed by atoms with Crippen LogP contribution in [0.15, 0.2) is 72.8 Å². The third-order valence-electron chi connectivity index (χ3n) is 3.87. The summed E-state index contributed by atoms with van der Waals surface area (Å²) in [6.07, 6.45) is 0. The molecule has 2 amide bonds. The van der Waals surface area contributed by atoms with Gasteiger partial charge >= 0.3 is 5.97 Å². The van der Waals surface area contributed by atoms with Gasteiger partial charge in [-0.1, -0.05) is 35.9 Å². The average Bonchev–Trinajstić information content (AvgIpc) is 2.68. The van der Waals surface area contributed by atoms with Crippen molar-refractivity contribution < 1.29 is 19.5 Å². The van der Waals surface area contributed by atoms with Crippen molar-refractivity contribution in [3.63, 3.8) is 0 Å². The minimum Gasteiger partial charge on any atom is -0.478 e. The third-order valence-corrected chi connectivity index (χ3v) is 4.10. The van der Waals surface area contributed by atoms with Crippen LogP contribution in [0, 0.1) is 0 Å². The Kier molecular flexibility index (Phi) is 5.72. The van der Waals surface area contributed by atoms with E-state index in [-0.39, 0.29) is 17.0 Å². The fraction of sp³-hybridized carbons (Fsp3) is 0. The Labute approximate surface area is 165 Å². The van der Waals surface area contributed by atoms with Gasteiger partial charge in [0.2, 0.25) is 0 Å². The summed E-state index contributed by atoms with van der Waals surface area (Å²) < 4.78 is 0. The number of aromatic carboxylic acids is 1. The number of carboxylic acids is 1. The van der Waals surface area contributed by atoms with Crippen molar-refractivity contribution in [1.29, 1.82) is 0 Å². The van der Waals surface area contributed by atoms with Crippen LogP contribution < -0.4 is 10.6 Å². The number of carboxylic acid groups (broad SMARTS) is 1. The molecule has 3 aromatic carbocycles. The molecule has 0 saturated carbocycles. The van der Waals surface area contributed by atoms with Gasteiger partial charge in [0.15, 0.2) is 0 Å². The van der Waals surface area contributed by atoms with E-state index in [1.54, 1.807) is 54.6 Å². The maximum absolute atomic E-state index is 12.5. The zero-order chi connectivity index (χ0) is 20.1. The highest BCUT2D eigenvalue weighted by Gasteiger charge is 2.16.